The molecule has 24 heavy (non-hydrogen) atoms. The second-order valence-electron chi connectivity index (χ2n) is 7.26. The fraction of sp³-hybridized carbons (Fsp3) is 0.944. The minimum atomic E-state index is 0.0551. The highest BCUT2D eigenvalue weighted by atomic mass is 16.5. The number of nitrogens with zero attached hydrogens (tertiary/aromatic N) is 3. The Bertz CT molecular complexity index is 364. The standard InChI is InChI=1S/C18H39N5O/c1-7-19-17(20-9-10-22(8-2)16(3)4)21-15-18(5,6)23-11-13-24-14-12-23/h16H,7-15H2,1-6H3,(H2,19,20,21). The molecule has 1 saturated heterocycles. The molecule has 1 heterocycles. The number of likely N-dealkylation sites (N-methyl/N-ethyl adjacent to an activating group) is 1. The SMILES string of the molecule is CCNC(=NCC(C)(C)N1CCOCC1)NCCN(CC)C(C)C. The Morgan fingerprint density at radius 2 is 1.88 bits per heavy atom. The van der Waals surface area contributed by atoms with E-state index < -0.39 is 0 Å². The van der Waals surface area contributed by atoms with E-state index in [2.05, 4.69) is 62.0 Å². The maximum Gasteiger partial charge on any atom is 0.191 e. The van der Waals surface area contributed by atoms with Crippen LogP contribution in [-0.4, -0.2) is 86.4 Å². The number of ether oxygens (including phenoxy) is 1. The molecule has 0 aromatic heterocycles. The van der Waals surface area contributed by atoms with Crippen LogP contribution in [0.2, 0.25) is 0 Å². The number of guanidine groups is 1. The van der Waals surface area contributed by atoms with Crippen LogP contribution in [-0.2, 0) is 4.74 Å². The number of aliphatic imine (C=N–C) groups is 1. The van der Waals surface area contributed by atoms with Gasteiger partial charge in [-0.1, -0.05) is 6.92 Å². The zero-order chi connectivity index (χ0) is 18.0. The summed E-state index contributed by atoms with van der Waals surface area (Å²) in [6.07, 6.45) is 0. The predicted octanol–water partition coefficient (Wildman–Crippen LogP) is 1.38. The number of hydrogen-bond acceptors (Lipinski definition) is 4. The molecule has 1 aliphatic rings. The van der Waals surface area contributed by atoms with Gasteiger partial charge in [-0.05, 0) is 41.2 Å². The molecule has 0 aromatic rings. The normalized spacial score (nSPS) is 17.6. The second kappa shape index (κ2) is 10.9. The predicted molar refractivity (Wildman–Crippen MR) is 103 cm³/mol. The van der Waals surface area contributed by atoms with Gasteiger partial charge in [-0.15, -0.1) is 0 Å². The molecule has 0 spiro atoms. The first-order chi connectivity index (χ1) is 11.4. The molecule has 1 fully saturated rings. The third kappa shape index (κ3) is 7.36. The van der Waals surface area contributed by atoms with Gasteiger partial charge in [0.05, 0.1) is 19.8 Å². The summed E-state index contributed by atoms with van der Waals surface area (Å²) in [6.45, 7) is 21.7. The molecule has 0 aromatic carbocycles. The van der Waals surface area contributed by atoms with Crippen molar-refractivity contribution in [3.63, 3.8) is 0 Å². The van der Waals surface area contributed by atoms with E-state index in [-0.39, 0.29) is 5.54 Å². The molecule has 0 saturated carbocycles. The Kier molecular flexibility index (Phi) is 9.63. The summed E-state index contributed by atoms with van der Waals surface area (Å²) < 4.78 is 5.46. The van der Waals surface area contributed by atoms with Gasteiger partial charge in [0.1, 0.15) is 0 Å². The van der Waals surface area contributed by atoms with Crippen molar-refractivity contribution in [2.24, 2.45) is 4.99 Å². The van der Waals surface area contributed by atoms with Gasteiger partial charge < -0.3 is 15.4 Å². The van der Waals surface area contributed by atoms with E-state index >= 15 is 0 Å². The van der Waals surface area contributed by atoms with E-state index in [1.807, 2.05) is 0 Å². The summed E-state index contributed by atoms with van der Waals surface area (Å²) in [7, 11) is 0. The van der Waals surface area contributed by atoms with Gasteiger partial charge in [0.2, 0.25) is 0 Å². The van der Waals surface area contributed by atoms with Crippen molar-refractivity contribution in [2.75, 3.05) is 59.0 Å². The van der Waals surface area contributed by atoms with Gasteiger partial charge in [0.25, 0.3) is 0 Å². The number of nitrogens with one attached hydrogen (secondary N) is 2. The molecule has 2 N–H and O–H groups in total. The fourth-order valence-corrected chi connectivity index (χ4v) is 2.98. The van der Waals surface area contributed by atoms with Gasteiger partial charge >= 0.3 is 0 Å². The average molecular weight is 342 g/mol. The van der Waals surface area contributed by atoms with Crippen LogP contribution in [0.25, 0.3) is 0 Å². The smallest absolute Gasteiger partial charge is 0.191 e. The van der Waals surface area contributed by atoms with Crippen LogP contribution in [0.4, 0.5) is 0 Å². The van der Waals surface area contributed by atoms with Crippen LogP contribution in [0.3, 0.4) is 0 Å². The molecular formula is C18H39N5O. The lowest BCUT2D eigenvalue weighted by molar-refractivity contribution is -0.00683. The van der Waals surface area contributed by atoms with E-state index in [1.165, 1.54) is 0 Å². The van der Waals surface area contributed by atoms with Crippen molar-refractivity contribution in [1.29, 1.82) is 0 Å². The molecule has 0 bridgehead atoms. The van der Waals surface area contributed by atoms with Crippen LogP contribution in [0.1, 0.15) is 41.5 Å². The minimum absolute atomic E-state index is 0.0551. The maximum absolute atomic E-state index is 5.46. The van der Waals surface area contributed by atoms with Gasteiger partial charge in [-0.3, -0.25) is 14.8 Å². The first kappa shape index (κ1) is 21.2. The third-order valence-corrected chi connectivity index (χ3v) is 4.66. The second-order valence-corrected chi connectivity index (χ2v) is 7.26. The maximum atomic E-state index is 5.46. The molecule has 6 heteroatoms. The molecule has 1 aliphatic heterocycles. The van der Waals surface area contributed by atoms with E-state index in [0.29, 0.717) is 6.04 Å². The third-order valence-electron chi connectivity index (χ3n) is 4.66. The largest absolute Gasteiger partial charge is 0.379 e. The fourth-order valence-electron chi connectivity index (χ4n) is 2.98. The van der Waals surface area contributed by atoms with Gasteiger partial charge in [-0.25, -0.2) is 0 Å². The molecule has 0 radical (unpaired) electrons. The van der Waals surface area contributed by atoms with E-state index in [0.717, 1.165) is 65.0 Å². The zero-order valence-corrected chi connectivity index (χ0v) is 16.7. The lowest BCUT2D eigenvalue weighted by Gasteiger charge is -2.40. The Labute approximate surface area is 149 Å². The highest BCUT2D eigenvalue weighted by Gasteiger charge is 2.28. The highest BCUT2D eigenvalue weighted by molar-refractivity contribution is 5.79. The monoisotopic (exact) mass is 341 g/mol. The molecule has 0 atom stereocenters. The topological polar surface area (TPSA) is 52.1 Å². The van der Waals surface area contributed by atoms with Crippen molar-refractivity contribution in [1.82, 2.24) is 20.4 Å². The van der Waals surface area contributed by atoms with Crippen molar-refractivity contribution in [3.8, 4) is 0 Å². The summed E-state index contributed by atoms with van der Waals surface area (Å²) in [6, 6.07) is 0.580. The molecule has 0 amide bonds. The van der Waals surface area contributed by atoms with E-state index in [1.54, 1.807) is 0 Å². The van der Waals surface area contributed by atoms with E-state index in [9.17, 15) is 0 Å². The summed E-state index contributed by atoms with van der Waals surface area (Å²) in [5.74, 6) is 0.915. The lowest BCUT2D eigenvalue weighted by Crippen LogP contribution is -2.52. The van der Waals surface area contributed by atoms with Crippen LogP contribution < -0.4 is 10.6 Å². The van der Waals surface area contributed by atoms with Crippen LogP contribution >= 0.6 is 0 Å². The van der Waals surface area contributed by atoms with Gasteiger partial charge in [-0.2, -0.15) is 0 Å². The highest BCUT2D eigenvalue weighted by Crippen LogP contribution is 2.16. The van der Waals surface area contributed by atoms with E-state index in [4.69, 9.17) is 9.73 Å². The van der Waals surface area contributed by atoms with Crippen LogP contribution in [0, 0.1) is 0 Å². The van der Waals surface area contributed by atoms with Crippen molar-refractivity contribution < 1.29 is 4.74 Å². The number of hydrogen-bond donors (Lipinski definition) is 2. The molecule has 0 unspecified atom stereocenters. The first-order valence-corrected chi connectivity index (χ1v) is 9.49. The summed E-state index contributed by atoms with van der Waals surface area (Å²) in [5.41, 5.74) is 0.0551. The average Bonchev–Trinajstić information content (AvgIpc) is 2.57. The Balaban J connectivity index is 2.51. The Hall–Kier alpha value is -0.850. The van der Waals surface area contributed by atoms with Gasteiger partial charge in [0, 0.05) is 44.3 Å². The molecular weight excluding hydrogens is 302 g/mol. The number of morpholine rings is 1. The number of rotatable bonds is 9. The van der Waals surface area contributed by atoms with Crippen molar-refractivity contribution in [2.45, 2.75) is 53.1 Å². The van der Waals surface area contributed by atoms with Crippen LogP contribution in [0.15, 0.2) is 4.99 Å². The summed E-state index contributed by atoms with van der Waals surface area (Å²) in [5, 5.41) is 6.83. The van der Waals surface area contributed by atoms with Crippen LogP contribution in [0.5, 0.6) is 0 Å². The van der Waals surface area contributed by atoms with Gasteiger partial charge in [0.15, 0.2) is 5.96 Å². The first-order valence-electron chi connectivity index (χ1n) is 9.49. The van der Waals surface area contributed by atoms with Crippen molar-refractivity contribution >= 4 is 5.96 Å². The molecule has 0 aliphatic carbocycles. The lowest BCUT2D eigenvalue weighted by atomic mass is 10.0. The Morgan fingerprint density at radius 3 is 2.42 bits per heavy atom. The minimum Gasteiger partial charge on any atom is -0.379 e. The summed E-state index contributed by atoms with van der Waals surface area (Å²) >= 11 is 0. The quantitative estimate of drug-likeness (QED) is 0.490. The van der Waals surface area contributed by atoms with Crippen molar-refractivity contribution in [3.05, 3.63) is 0 Å². The molecule has 1 rings (SSSR count). The zero-order valence-electron chi connectivity index (χ0n) is 16.7. The molecule has 6 nitrogen and oxygen atoms in total. The molecule has 142 valence electrons. The Morgan fingerprint density at radius 1 is 1.21 bits per heavy atom. The summed E-state index contributed by atoms with van der Waals surface area (Å²) in [4.78, 5) is 9.75.